The monoisotopic (exact) mass is 268 g/mol. The van der Waals surface area contributed by atoms with Gasteiger partial charge in [0.1, 0.15) is 0 Å². The van der Waals surface area contributed by atoms with E-state index in [0.717, 1.165) is 0 Å². The molecule has 1 heterocycles. The standard InChI is InChI=1S/C10H15F3N2O3/c1-9(8(17)18,10(11,12)13)15-7(16)6-3-2-4-14-5-6/h6,14H,2-5H2,1H3,(H,15,16)(H,17,18)/t6-,9?/m0/s1. The zero-order valence-corrected chi connectivity index (χ0v) is 9.80. The van der Waals surface area contributed by atoms with Gasteiger partial charge in [-0.1, -0.05) is 0 Å². The van der Waals surface area contributed by atoms with Crippen LogP contribution in [0.1, 0.15) is 19.8 Å². The van der Waals surface area contributed by atoms with Crippen LogP contribution in [0.4, 0.5) is 13.2 Å². The van der Waals surface area contributed by atoms with E-state index in [1.807, 2.05) is 0 Å². The van der Waals surface area contributed by atoms with Gasteiger partial charge < -0.3 is 15.7 Å². The van der Waals surface area contributed by atoms with Gasteiger partial charge in [0.25, 0.3) is 0 Å². The fourth-order valence-corrected chi connectivity index (χ4v) is 1.67. The lowest BCUT2D eigenvalue weighted by atomic mass is 9.95. The van der Waals surface area contributed by atoms with Gasteiger partial charge in [0.2, 0.25) is 11.4 Å². The van der Waals surface area contributed by atoms with Gasteiger partial charge >= 0.3 is 12.1 Å². The number of nitrogens with one attached hydrogen (secondary N) is 2. The number of alkyl halides is 3. The molecule has 0 bridgehead atoms. The lowest BCUT2D eigenvalue weighted by Gasteiger charge is -2.31. The first-order chi connectivity index (χ1) is 8.18. The molecular formula is C10H15F3N2O3. The Balaban J connectivity index is 2.78. The van der Waals surface area contributed by atoms with E-state index >= 15 is 0 Å². The number of piperidine rings is 1. The van der Waals surface area contributed by atoms with Crippen LogP contribution in [0.5, 0.6) is 0 Å². The molecule has 0 aromatic rings. The Kier molecular flexibility index (Phi) is 4.20. The van der Waals surface area contributed by atoms with Crippen molar-refractivity contribution < 1.29 is 27.9 Å². The predicted octanol–water partition coefficient (Wildman–Crippen LogP) is 0.508. The van der Waals surface area contributed by atoms with Gasteiger partial charge in [-0.25, -0.2) is 4.79 Å². The molecule has 18 heavy (non-hydrogen) atoms. The third-order valence-corrected chi connectivity index (χ3v) is 3.04. The van der Waals surface area contributed by atoms with Crippen molar-refractivity contribution in [3.63, 3.8) is 0 Å². The molecule has 5 nitrogen and oxygen atoms in total. The summed E-state index contributed by atoms with van der Waals surface area (Å²) < 4.78 is 38.0. The maximum atomic E-state index is 12.7. The van der Waals surface area contributed by atoms with Gasteiger partial charge in [0.15, 0.2) is 0 Å². The van der Waals surface area contributed by atoms with E-state index in [1.165, 1.54) is 0 Å². The number of halogens is 3. The van der Waals surface area contributed by atoms with E-state index in [2.05, 4.69) is 5.32 Å². The molecule has 1 unspecified atom stereocenters. The second kappa shape index (κ2) is 5.13. The van der Waals surface area contributed by atoms with Crippen LogP contribution in [0, 0.1) is 5.92 Å². The highest BCUT2D eigenvalue weighted by atomic mass is 19.4. The number of carbonyl (C=O) groups excluding carboxylic acids is 1. The molecule has 0 aromatic carbocycles. The number of carboxylic acid groups (broad SMARTS) is 1. The van der Waals surface area contributed by atoms with Crippen molar-refractivity contribution >= 4 is 11.9 Å². The third kappa shape index (κ3) is 2.92. The molecule has 0 aromatic heterocycles. The number of hydrogen-bond acceptors (Lipinski definition) is 3. The van der Waals surface area contributed by atoms with Gasteiger partial charge in [-0.05, 0) is 26.3 Å². The Hall–Kier alpha value is -1.31. The van der Waals surface area contributed by atoms with Gasteiger partial charge in [0.05, 0.1) is 5.92 Å². The molecule has 3 N–H and O–H groups in total. The first-order valence-electron chi connectivity index (χ1n) is 5.51. The second-order valence-electron chi connectivity index (χ2n) is 4.46. The van der Waals surface area contributed by atoms with Crippen molar-refractivity contribution in [2.45, 2.75) is 31.5 Å². The molecule has 1 rings (SSSR count). The summed E-state index contributed by atoms with van der Waals surface area (Å²) in [6.07, 6.45) is -3.92. The number of amides is 1. The summed E-state index contributed by atoms with van der Waals surface area (Å²) in [4.78, 5) is 22.4. The van der Waals surface area contributed by atoms with Crippen molar-refractivity contribution in [1.29, 1.82) is 0 Å². The second-order valence-corrected chi connectivity index (χ2v) is 4.46. The van der Waals surface area contributed by atoms with Crippen LogP contribution < -0.4 is 10.6 Å². The molecule has 0 spiro atoms. The number of hydrogen-bond donors (Lipinski definition) is 3. The summed E-state index contributed by atoms with van der Waals surface area (Å²) in [5.41, 5.74) is -3.25. The molecule has 1 aliphatic heterocycles. The first kappa shape index (κ1) is 14.7. The van der Waals surface area contributed by atoms with Crippen LogP contribution in [-0.4, -0.2) is 41.8 Å². The highest BCUT2D eigenvalue weighted by Crippen LogP contribution is 2.31. The number of carboxylic acids is 1. The van der Waals surface area contributed by atoms with E-state index < -0.39 is 29.5 Å². The fraction of sp³-hybridized carbons (Fsp3) is 0.800. The lowest BCUT2D eigenvalue weighted by Crippen LogP contribution is -2.63. The van der Waals surface area contributed by atoms with Gasteiger partial charge in [-0.2, -0.15) is 13.2 Å². The van der Waals surface area contributed by atoms with Gasteiger partial charge in [-0.15, -0.1) is 0 Å². The molecule has 0 radical (unpaired) electrons. The van der Waals surface area contributed by atoms with Crippen LogP contribution >= 0.6 is 0 Å². The Morgan fingerprint density at radius 3 is 2.39 bits per heavy atom. The van der Waals surface area contributed by atoms with Crippen LogP contribution in [0.2, 0.25) is 0 Å². The van der Waals surface area contributed by atoms with E-state index in [-0.39, 0.29) is 6.54 Å². The van der Waals surface area contributed by atoms with Crippen molar-refractivity contribution in [2.75, 3.05) is 13.1 Å². The molecule has 1 amide bonds. The van der Waals surface area contributed by atoms with E-state index in [9.17, 15) is 22.8 Å². The molecule has 8 heteroatoms. The predicted molar refractivity (Wildman–Crippen MR) is 55.8 cm³/mol. The third-order valence-electron chi connectivity index (χ3n) is 3.04. The SMILES string of the molecule is CC(NC(=O)[C@H]1CCCNC1)(C(=O)O)C(F)(F)F. The number of carbonyl (C=O) groups is 2. The summed E-state index contributed by atoms with van der Waals surface area (Å²) in [5.74, 6) is -3.63. The maximum absolute atomic E-state index is 12.7. The van der Waals surface area contributed by atoms with Crippen molar-refractivity contribution in [3.05, 3.63) is 0 Å². The average Bonchev–Trinajstić information content (AvgIpc) is 2.28. The van der Waals surface area contributed by atoms with E-state index in [4.69, 9.17) is 5.11 Å². The summed E-state index contributed by atoms with van der Waals surface area (Å²) in [6, 6.07) is 0. The lowest BCUT2D eigenvalue weighted by molar-refractivity contribution is -0.207. The smallest absolute Gasteiger partial charge is 0.422 e. The van der Waals surface area contributed by atoms with Gasteiger partial charge in [-0.3, -0.25) is 4.79 Å². The van der Waals surface area contributed by atoms with Gasteiger partial charge in [0, 0.05) is 6.54 Å². The Morgan fingerprint density at radius 1 is 1.39 bits per heavy atom. The minimum atomic E-state index is -5.05. The van der Waals surface area contributed by atoms with E-state index in [0.29, 0.717) is 26.3 Å². The van der Waals surface area contributed by atoms with Crippen LogP contribution in [0.15, 0.2) is 0 Å². The first-order valence-corrected chi connectivity index (χ1v) is 5.51. The number of rotatable bonds is 3. The van der Waals surface area contributed by atoms with Crippen molar-refractivity contribution in [3.8, 4) is 0 Å². The summed E-state index contributed by atoms with van der Waals surface area (Å²) in [5, 5.41) is 13.1. The zero-order valence-electron chi connectivity index (χ0n) is 9.80. The van der Waals surface area contributed by atoms with Crippen LogP contribution in [-0.2, 0) is 9.59 Å². The maximum Gasteiger partial charge on any atom is 0.422 e. The van der Waals surface area contributed by atoms with Crippen LogP contribution in [0.3, 0.4) is 0 Å². The summed E-state index contributed by atoms with van der Waals surface area (Å²) >= 11 is 0. The summed E-state index contributed by atoms with van der Waals surface area (Å²) in [6.45, 7) is 1.42. The zero-order chi connectivity index (χ0) is 14.0. The minimum Gasteiger partial charge on any atom is -0.479 e. The van der Waals surface area contributed by atoms with E-state index in [1.54, 1.807) is 5.32 Å². The fourth-order valence-electron chi connectivity index (χ4n) is 1.67. The topological polar surface area (TPSA) is 78.4 Å². The van der Waals surface area contributed by atoms with Crippen molar-refractivity contribution in [1.82, 2.24) is 10.6 Å². The molecule has 104 valence electrons. The molecule has 1 aliphatic rings. The quantitative estimate of drug-likeness (QED) is 0.697. The summed E-state index contributed by atoms with van der Waals surface area (Å²) in [7, 11) is 0. The molecule has 1 fully saturated rings. The molecule has 1 saturated heterocycles. The molecule has 0 aliphatic carbocycles. The largest absolute Gasteiger partial charge is 0.479 e. The molecular weight excluding hydrogens is 253 g/mol. The van der Waals surface area contributed by atoms with Crippen molar-refractivity contribution in [2.24, 2.45) is 5.92 Å². The normalized spacial score (nSPS) is 24.1. The molecule has 2 atom stereocenters. The Bertz CT molecular complexity index is 340. The highest BCUT2D eigenvalue weighted by molar-refractivity contribution is 5.88. The Labute approximate surface area is 102 Å². The number of aliphatic carboxylic acids is 1. The van der Waals surface area contributed by atoms with Crippen LogP contribution in [0.25, 0.3) is 0 Å². The molecule has 0 saturated carbocycles. The highest BCUT2D eigenvalue weighted by Gasteiger charge is 2.58. The average molecular weight is 268 g/mol. The minimum absolute atomic E-state index is 0.263. The Morgan fingerprint density at radius 2 is 2.00 bits per heavy atom.